The summed E-state index contributed by atoms with van der Waals surface area (Å²) in [6.45, 7) is 4.43. The van der Waals surface area contributed by atoms with E-state index in [-0.39, 0.29) is 0 Å². The maximum atomic E-state index is 6.12. The van der Waals surface area contributed by atoms with Gasteiger partial charge in [-0.05, 0) is 47.9 Å². The molecule has 1 aliphatic rings. The highest BCUT2D eigenvalue weighted by atomic mass is 16.5. The van der Waals surface area contributed by atoms with E-state index in [1.165, 1.54) is 5.56 Å². The third-order valence-electron chi connectivity index (χ3n) is 4.23. The van der Waals surface area contributed by atoms with Crippen molar-refractivity contribution in [3.05, 3.63) is 78.4 Å². The van der Waals surface area contributed by atoms with E-state index in [4.69, 9.17) is 4.74 Å². The number of hydrogen-bond acceptors (Lipinski definition) is 2. The summed E-state index contributed by atoms with van der Waals surface area (Å²) in [5, 5.41) is 0. The molecule has 3 aromatic carbocycles. The molecule has 0 spiro atoms. The topological polar surface area (TPSA) is 12.5 Å². The largest absolute Gasteiger partial charge is 0.453 e. The van der Waals surface area contributed by atoms with Crippen LogP contribution in [0.25, 0.3) is 0 Å². The van der Waals surface area contributed by atoms with E-state index in [9.17, 15) is 0 Å². The van der Waals surface area contributed by atoms with Crippen LogP contribution in [0.3, 0.4) is 0 Å². The van der Waals surface area contributed by atoms with Crippen molar-refractivity contribution in [1.82, 2.24) is 0 Å². The van der Waals surface area contributed by atoms with E-state index in [1.54, 1.807) is 0 Å². The van der Waals surface area contributed by atoms with E-state index in [0.29, 0.717) is 5.92 Å². The Kier molecular flexibility index (Phi) is 3.30. The molecule has 23 heavy (non-hydrogen) atoms. The van der Waals surface area contributed by atoms with Crippen LogP contribution in [0.4, 0.5) is 17.1 Å². The summed E-state index contributed by atoms with van der Waals surface area (Å²) >= 11 is 0. The summed E-state index contributed by atoms with van der Waals surface area (Å²) in [4.78, 5) is 2.28. The first-order chi connectivity index (χ1) is 11.2. The predicted molar refractivity (Wildman–Crippen MR) is 95.3 cm³/mol. The molecule has 0 unspecified atom stereocenters. The lowest BCUT2D eigenvalue weighted by molar-refractivity contribution is 0.476. The number of hydrogen-bond donors (Lipinski definition) is 0. The van der Waals surface area contributed by atoms with E-state index < -0.39 is 0 Å². The highest BCUT2D eigenvalue weighted by molar-refractivity contribution is 5.86. The second-order valence-electron chi connectivity index (χ2n) is 6.12. The summed E-state index contributed by atoms with van der Waals surface area (Å²) in [5.74, 6) is 2.27. The van der Waals surface area contributed by atoms with Crippen molar-refractivity contribution >= 4 is 17.1 Å². The molecule has 0 saturated carbocycles. The fourth-order valence-corrected chi connectivity index (χ4v) is 2.99. The standard InChI is InChI=1S/C21H19NO/c1-15(2)16-12-13-21-19(14-16)22(17-8-4-3-5-9-17)18-10-6-7-11-20(18)23-21/h3-15H,1-2H3. The maximum Gasteiger partial charge on any atom is 0.151 e. The molecule has 0 fully saturated rings. The fourth-order valence-electron chi connectivity index (χ4n) is 2.99. The minimum absolute atomic E-state index is 0.482. The number of fused-ring (bicyclic) bond motifs is 2. The second-order valence-corrected chi connectivity index (χ2v) is 6.12. The summed E-state index contributed by atoms with van der Waals surface area (Å²) in [6, 6.07) is 25.1. The molecule has 0 atom stereocenters. The summed E-state index contributed by atoms with van der Waals surface area (Å²) in [6.07, 6.45) is 0. The number of rotatable bonds is 2. The van der Waals surface area contributed by atoms with Crippen LogP contribution in [0.5, 0.6) is 11.5 Å². The zero-order chi connectivity index (χ0) is 15.8. The first-order valence-electron chi connectivity index (χ1n) is 8.00. The van der Waals surface area contributed by atoms with Crippen LogP contribution in [0.2, 0.25) is 0 Å². The Morgan fingerprint density at radius 3 is 2.22 bits per heavy atom. The number of para-hydroxylation sites is 3. The Balaban J connectivity index is 1.95. The maximum absolute atomic E-state index is 6.12. The van der Waals surface area contributed by atoms with Crippen LogP contribution < -0.4 is 9.64 Å². The molecule has 3 aromatic rings. The van der Waals surface area contributed by atoms with Gasteiger partial charge < -0.3 is 9.64 Å². The third-order valence-corrected chi connectivity index (χ3v) is 4.23. The third kappa shape index (κ3) is 2.36. The molecular formula is C21H19NO. The lowest BCUT2D eigenvalue weighted by atomic mass is 10.0. The van der Waals surface area contributed by atoms with E-state index in [0.717, 1.165) is 28.6 Å². The SMILES string of the molecule is CC(C)c1ccc2c(c1)N(c1ccccc1)c1ccccc1O2. The predicted octanol–water partition coefficient (Wildman–Crippen LogP) is 6.39. The number of benzene rings is 3. The van der Waals surface area contributed by atoms with Crippen molar-refractivity contribution in [3.8, 4) is 11.5 Å². The number of ether oxygens (including phenoxy) is 1. The summed E-state index contributed by atoms with van der Waals surface area (Å²) < 4.78 is 6.12. The first-order valence-corrected chi connectivity index (χ1v) is 8.00. The van der Waals surface area contributed by atoms with Crippen molar-refractivity contribution < 1.29 is 4.74 Å². The molecule has 0 amide bonds. The minimum Gasteiger partial charge on any atom is -0.453 e. The van der Waals surface area contributed by atoms with Gasteiger partial charge in [0.2, 0.25) is 0 Å². The molecule has 0 N–H and O–H groups in total. The molecule has 0 aliphatic carbocycles. The molecule has 2 heteroatoms. The molecule has 1 heterocycles. The Bertz CT molecular complexity index is 839. The van der Waals surface area contributed by atoms with Gasteiger partial charge in [-0.3, -0.25) is 0 Å². The van der Waals surface area contributed by atoms with Gasteiger partial charge in [-0.25, -0.2) is 0 Å². The van der Waals surface area contributed by atoms with Gasteiger partial charge in [-0.15, -0.1) is 0 Å². The van der Waals surface area contributed by atoms with Crippen LogP contribution in [-0.4, -0.2) is 0 Å². The average molecular weight is 301 g/mol. The molecule has 4 rings (SSSR count). The highest BCUT2D eigenvalue weighted by Gasteiger charge is 2.25. The Hall–Kier alpha value is -2.74. The van der Waals surface area contributed by atoms with Crippen molar-refractivity contribution in [2.45, 2.75) is 19.8 Å². The summed E-state index contributed by atoms with van der Waals surface area (Å²) in [7, 11) is 0. The van der Waals surface area contributed by atoms with Crippen molar-refractivity contribution in [1.29, 1.82) is 0 Å². The average Bonchev–Trinajstić information content (AvgIpc) is 2.59. The zero-order valence-electron chi connectivity index (χ0n) is 13.4. The molecule has 0 saturated heterocycles. The van der Waals surface area contributed by atoms with Gasteiger partial charge in [0, 0.05) is 5.69 Å². The molecule has 0 aromatic heterocycles. The zero-order valence-corrected chi connectivity index (χ0v) is 13.4. The van der Waals surface area contributed by atoms with Gasteiger partial charge in [0.15, 0.2) is 11.5 Å². The highest BCUT2D eigenvalue weighted by Crippen LogP contribution is 2.50. The molecule has 0 bridgehead atoms. The number of nitrogens with zero attached hydrogens (tertiary/aromatic N) is 1. The lowest BCUT2D eigenvalue weighted by Crippen LogP contribution is -2.16. The smallest absolute Gasteiger partial charge is 0.151 e. The van der Waals surface area contributed by atoms with Crippen molar-refractivity contribution in [3.63, 3.8) is 0 Å². The fraction of sp³-hybridized carbons (Fsp3) is 0.143. The van der Waals surface area contributed by atoms with Crippen LogP contribution in [-0.2, 0) is 0 Å². The van der Waals surface area contributed by atoms with Gasteiger partial charge in [0.1, 0.15) is 0 Å². The first kappa shape index (κ1) is 13.9. The van der Waals surface area contributed by atoms with Crippen molar-refractivity contribution in [2.24, 2.45) is 0 Å². The summed E-state index contributed by atoms with van der Waals surface area (Å²) in [5.41, 5.74) is 4.63. The van der Waals surface area contributed by atoms with Crippen LogP contribution in [0.15, 0.2) is 72.8 Å². The number of anilines is 3. The van der Waals surface area contributed by atoms with Gasteiger partial charge >= 0.3 is 0 Å². The molecule has 1 aliphatic heterocycles. The van der Waals surface area contributed by atoms with E-state index in [1.807, 2.05) is 18.2 Å². The van der Waals surface area contributed by atoms with Gasteiger partial charge in [0.25, 0.3) is 0 Å². The Labute approximate surface area is 137 Å². The van der Waals surface area contributed by atoms with Crippen LogP contribution in [0, 0.1) is 0 Å². The van der Waals surface area contributed by atoms with E-state index in [2.05, 4.69) is 73.3 Å². The van der Waals surface area contributed by atoms with Gasteiger partial charge in [-0.1, -0.05) is 50.2 Å². The Morgan fingerprint density at radius 1 is 0.739 bits per heavy atom. The van der Waals surface area contributed by atoms with Crippen molar-refractivity contribution in [2.75, 3.05) is 4.90 Å². The quantitative estimate of drug-likeness (QED) is 0.425. The van der Waals surface area contributed by atoms with E-state index >= 15 is 0 Å². The molecule has 0 radical (unpaired) electrons. The monoisotopic (exact) mass is 301 g/mol. The molecule has 114 valence electrons. The minimum atomic E-state index is 0.482. The molecular weight excluding hydrogens is 282 g/mol. The lowest BCUT2D eigenvalue weighted by Gasteiger charge is -2.33. The Morgan fingerprint density at radius 2 is 1.43 bits per heavy atom. The van der Waals surface area contributed by atoms with Gasteiger partial charge in [0.05, 0.1) is 11.4 Å². The second kappa shape index (κ2) is 5.47. The van der Waals surface area contributed by atoms with Gasteiger partial charge in [-0.2, -0.15) is 0 Å². The normalized spacial score (nSPS) is 12.6. The molecule has 2 nitrogen and oxygen atoms in total. The van der Waals surface area contributed by atoms with Crippen LogP contribution in [0.1, 0.15) is 25.3 Å². The van der Waals surface area contributed by atoms with Crippen LogP contribution >= 0.6 is 0 Å².